The minimum absolute atomic E-state index is 0.0119. The van der Waals surface area contributed by atoms with Crippen molar-refractivity contribution < 1.29 is 9.53 Å². The van der Waals surface area contributed by atoms with E-state index >= 15 is 0 Å². The smallest absolute Gasteiger partial charge is 0.225 e. The van der Waals surface area contributed by atoms with E-state index in [1.165, 1.54) is 32.1 Å². The van der Waals surface area contributed by atoms with Crippen molar-refractivity contribution in [2.24, 2.45) is 5.92 Å². The lowest BCUT2D eigenvalue weighted by atomic mass is 10.1. The SMILES string of the molecule is O=C(CCCN1CCCCC1)Nc1cc(-c2cc(Cl)c(OCC3CC3)c(Cl)c2)n[nH]1. The second-order valence-electron chi connectivity index (χ2n) is 8.24. The summed E-state index contributed by atoms with van der Waals surface area (Å²) in [6.45, 7) is 3.94. The highest BCUT2D eigenvalue weighted by Crippen LogP contribution is 2.39. The molecule has 162 valence electrons. The van der Waals surface area contributed by atoms with Crippen LogP contribution >= 0.6 is 23.2 Å². The number of aromatic amines is 1. The van der Waals surface area contributed by atoms with Gasteiger partial charge < -0.3 is 15.0 Å². The summed E-state index contributed by atoms with van der Waals surface area (Å²) >= 11 is 12.8. The van der Waals surface area contributed by atoms with Crippen LogP contribution in [-0.2, 0) is 4.79 Å². The lowest BCUT2D eigenvalue weighted by Gasteiger charge is -2.26. The number of halogens is 2. The van der Waals surface area contributed by atoms with E-state index in [-0.39, 0.29) is 5.91 Å². The van der Waals surface area contributed by atoms with Crippen molar-refractivity contribution in [1.82, 2.24) is 15.1 Å². The Labute approximate surface area is 187 Å². The van der Waals surface area contributed by atoms with Gasteiger partial charge in [0.25, 0.3) is 0 Å². The molecule has 30 heavy (non-hydrogen) atoms. The van der Waals surface area contributed by atoms with E-state index in [1.54, 1.807) is 18.2 Å². The predicted octanol–water partition coefficient (Wildman–Crippen LogP) is 5.38. The van der Waals surface area contributed by atoms with E-state index in [9.17, 15) is 4.79 Å². The number of piperidine rings is 1. The molecule has 1 aliphatic heterocycles. The number of hydrogen-bond donors (Lipinski definition) is 2. The maximum Gasteiger partial charge on any atom is 0.225 e. The molecule has 8 heteroatoms. The average molecular weight is 451 g/mol. The molecule has 1 amide bonds. The minimum atomic E-state index is -0.0119. The fourth-order valence-electron chi connectivity index (χ4n) is 3.72. The van der Waals surface area contributed by atoms with E-state index in [2.05, 4.69) is 20.4 Å². The lowest BCUT2D eigenvalue weighted by molar-refractivity contribution is -0.116. The van der Waals surface area contributed by atoms with E-state index in [0.29, 0.717) is 46.3 Å². The first kappa shape index (κ1) is 21.5. The molecule has 2 aliphatic rings. The number of aromatic nitrogens is 2. The van der Waals surface area contributed by atoms with Crippen LogP contribution in [0.1, 0.15) is 44.9 Å². The second-order valence-corrected chi connectivity index (χ2v) is 9.06. The molecule has 2 N–H and O–H groups in total. The third-order valence-corrected chi connectivity index (χ3v) is 6.19. The Kier molecular flexibility index (Phi) is 7.18. The zero-order valence-corrected chi connectivity index (χ0v) is 18.6. The quantitative estimate of drug-likeness (QED) is 0.537. The fourth-order valence-corrected chi connectivity index (χ4v) is 4.32. The summed E-state index contributed by atoms with van der Waals surface area (Å²) in [5.74, 6) is 1.69. The van der Waals surface area contributed by atoms with Gasteiger partial charge in [-0.05, 0) is 69.8 Å². The van der Waals surface area contributed by atoms with E-state index in [1.807, 2.05) is 0 Å². The summed E-state index contributed by atoms with van der Waals surface area (Å²) in [5.41, 5.74) is 1.43. The number of ether oxygens (including phenoxy) is 1. The number of rotatable bonds is 9. The zero-order valence-electron chi connectivity index (χ0n) is 17.1. The van der Waals surface area contributed by atoms with Gasteiger partial charge in [0, 0.05) is 18.1 Å². The molecule has 0 radical (unpaired) electrons. The van der Waals surface area contributed by atoms with Gasteiger partial charge in [0.15, 0.2) is 5.75 Å². The van der Waals surface area contributed by atoms with Crippen molar-refractivity contribution in [2.45, 2.75) is 44.9 Å². The third-order valence-electron chi connectivity index (χ3n) is 5.63. The molecule has 1 saturated heterocycles. The molecule has 2 heterocycles. The van der Waals surface area contributed by atoms with Crippen molar-refractivity contribution in [3.8, 4) is 17.0 Å². The van der Waals surface area contributed by atoms with Crippen LogP contribution in [0.25, 0.3) is 11.3 Å². The number of benzene rings is 1. The van der Waals surface area contributed by atoms with E-state index in [4.69, 9.17) is 27.9 Å². The van der Waals surface area contributed by atoms with Crippen LogP contribution in [0.4, 0.5) is 5.82 Å². The van der Waals surface area contributed by atoms with Gasteiger partial charge in [-0.2, -0.15) is 5.10 Å². The number of amides is 1. The molecule has 2 aromatic rings. The first-order valence-electron chi connectivity index (χ1n) is 10.8. The summed E-state index contributed by atoms with van der Waals surface area (Å²) in [6.07, 6.45) is 7.62. The molecule has 6 nitrogen and oxygen atoms in total. The summed E-state index contributed by atoms with van der Waals surface area (Å²) in [5, 5.41) is 11.0. The summed E-state index contributed by atoms with van der Waals surface area (Å²) in [6, 6.07) is 5.36. The highest BCUT2D eigenvalue weighted by atomic mass is 35.5. The minimum Gasteiger partial charge on any atom is -0.490 e. The van der Waals surface area contributed by atoms with Crippen LogP contribution in [0.15, 0.2) is 18.2 Å². The van der Waals surface area contributed by atoms with Gasteiger partial charge in [-0.15, -0.1) is 0 Å². The Morgan fingerprint density at radius 2 is 1.90 bits per heavy atom. The summed E-state index contributed by atoms with van der Waals surface area (Å²) in [7, 11) is 0. The number of likely N-dealkylation sites (tertiary alicyclic amines) is 1. The first-order chi connectivity index (χ1) is 14.6. The Hall–Kier alpha value is -1.76. The van der Waals surface area contributed by atoms with Crippen molar-refractivity contribution >= 4 is 34.9 Å². The predicted molar refractivity (Wildman–Crippen MR) is 120 cm³/mol. The van der Waals surface area contributed by atoms with Crippen molar-refractivity contribution in [1.29, 1.82) is 0 Å². The van der Waals surface area contributed by atoms with Crippen LogP contribution in [0, 0.1) is 5.92 Å². The number of anilines is 1. The monoisotopic (exact) mass is 450 g/mol. The zero-order chi connectivity index (χ0) is 20.9. The second kappa shape index (κ2) is 10.0. The summed E-state index contributed by atoms with van der Waals surface area (Å²) < 4.78 is 5.77. The molecular formula is C22H28Cl2N4O2. The maximum absolute atomic E-state index is 12.2. The molecule has 2 fully saturated rings. The maximum atomic E-state index is 12.2. The summed E-state index contributed by atoms with van der Waals surface area (Å²) in [4.78, 5) is 14.7. The standard InChI is InChI=1S/C22H28Cl2N4O2/c23-17-11-16(12-18(24)22(17)30-14-15-6-7-15)19-13-20(27-26-19)25-21(29)5-4-10-28-8-2-1-3-9-28/h11-13,15H,1-10,14H2,(H2,25,26,27,29). The molecule has 0 bridgehead atoms. The number of nitrogens with zero attached hydrogens (tertiary/aromatic N) is 2. The van der Waals surface area contributed by atoms with E-state index in [0.717, 1.165) is 31.6 Å². The normalized spacial score (nSPS) is 17.1. The van der Waals surface area contributed by atoms with Gasteiger partial charge in [0.05, 0.1) is 22.3 Å². The molecule has 0 unspecified atom stereocenters. The molecular weight excluding hydrogens is 423 g/mol. The average Bonchev–Trinajstić information content (AvgIpc) is 3.44. The fraction of sp³-hybridized carbons (Fsp3) is 0.545. The van der Waals surface area contributed by atoms with Gasteiger partial charge in [0.1, 0.15) is 5.82 Å². The van der Waals surface area contributed by atoms with Crippen LogP contribution in [0.2, 0.25) is 10.0 Å². The molecule has 1 aromatic carbocycles. The topological polar surface area (TPSA) is 70.2 Å². The number of H-pyrrole nitrogens is 1. The first-order valence-corrected chi connectivity index (χ1v) is 11.5. The Bertz CT molecular complexity index is 853. The van der Waals surface area contributed by atoms with Crippen molar-refractivity contribution in [3.63, 3.8) is 0 Å². The van der Waals surface area contributed by atoms with Gasteiger partial charge in [0.2, 0.25) is 5.91 Å². The third kappa shape index (κ3) is 5.90. The van der Waals surface area contributed by atoms with Crippen LogP contribution in [0.3, 0.4) is 0 Å². The van der Waals surface area contributed by atoms with Gasteiger partial charge in [-0.1, -0.05) is 29.6 Å². The molecule has 1 saturated carbocycles. The van der Waals surface area contributed by atoms with Crippen LogP contribution < -0.4 is 10.1 Å². The largest absolute Gasteiger partial charge is 0.490 e. The number of carbonyl (C=O) groups is 1. The Balaban J connectivity index is 1.30. The van der Waals surface area contributed by atoms with Crippen LogP contribution in [0.5, 0.6) is 5.75 Å². The van der Waals surface area contributed by atoms with Gasteiger partial charge in [-0.25, -0.2) is 0 Å². The molecule has 0 spiro atoms. The lowest BCUT2D eigenvalue weighted by Crippen LogP contribution is -2.31. The molecule has 4 rings (SSSR count). The number of nitrogens with one attached hydrogen (secondary N) is 2. The highest BCUT2D eigenvalue weighted by Gasteiger charge is 2.23. The van der Waals surface area contributed by atoms with Gasteiger partial charge in [-0.3, -0.25) is 9.89 Å². The molecule has 1 aliphatic carbocycles. The van der Waals surface area contributed by atoms with Crippen molar-refractivity contribution in [3.05, 3.63) is 28.2 Å². The van der Waals surface area contributed by atoms with Gasteiger partial charge >= 0.3 is 0 Å². The van der Waals surface area contributed by atoms with E-state index < -0.39 is 0 Å². The molecule has 1 aromatic heterocycles. The Morgan fingerprint density at radius 1 is 1.17 bits per heavy atom. The Morgan fingerprint density at radius 3 is 2.60 bits per heavy atom. The number of carbonyl (C=O) groups excluding carboxylic acids is 1. The van der Waals surface area contributed by atoms with Crippen molar-refractivity contribution in [2.75, 3.05) is 31.6 Å². The highest BCUT2D eigenvalue weighted by molar-refractivity contribution is 6.37. The number of hydrogen-bond acceptors (Lipinski definition) is 4. The molecule has 0 atom stereocenters. The van der Waals surface area contributed by atoms with Crippen LogP contribution in [-0.4, -0.2) is 47.2 Å².